The summed E-state index contributed by atoms with van der Waals surface area (Å²) in [6.07, 6.45) is 23.6. The Morgan fingerprint density at radius 2 is 1.87 bits per heavy atom. The smallest absolute Gasteiger partial charge is 0.107 e. The molecule has 0 aromatic rings. The molecule has 0 bridgehead atoms. The molecule has 174 valence electrons. The Bertz CT molecular complexity index is 698. The van der Waals surface area contributed by atoms with E-state index < -0.39 is 0 Å². The molecule has 1 heteroatoms. The maximum Gasteiger partial charge on any atom is 0.107 e. The monoisotopic (exact) mass is 424 g/mol. The van der Waals surface area contributed by atoms with Crippen molar-refractivity contribution in [3.05, 3.63) is 11.6 Å². The molecule has 0 amide bonds. The summed E-state index contributed by atoms with van der Waals surface area (Å²) in [5, 5.41) is 0. The van der Waals surface area contributed by atoms with Crippen LogP contribution in [0.3, 0.4) is 0 Å². The van der Waals surface area contributed by atoms with Crippen molar-refractivity contribution < 1.29 is 4.74 Å². The van der Waals surface area contributed by atoms with Gasteiger partial charge in [-0.3, -0.25) is 0 Å². The summed E-state index contributed by atoms with van der Waals surface area (Å²) in [6, 6.07) is 0. The number of allylic oxidation sites excluding steroid dienone is 1. The Labute approximate surface area is 193 Å². The number of hydrogen-bond acceptors (Lipinski definition) is 1. The van der Waals surface area contributed by atoms with E-state index in [4.69, 9.17) is 11.2 Å². The fourth-order valence-electron chi connectivity index (χ4n) is 8.96. The average Bonchev–Trinajstić information content (AvgIpc) is 3.09. The van der Waals surface area contributed by atoms with E-state index in [-0.39, 0.29) is 0 Å². The predicted octanol–water partition coefficient (Wildman–Crippen LogP) is 8.05. The van der Waals surface area contributed by atoms with Crippen molar-refractivity contribution in [2.75, 3.05) is 6.61 Å². The Morgan fingerprint density at radius 1 is 1.06 bits per heavy atom. The molecule has 0 aliphatic heterocycles. The van der Waals surface area contributed by atoms with Crippen LogP contribution in [0.25, 0.3) is 0 Å². The molecule has 0 aromatic heterocycles. The Kier molecular flexibility index (Phi) is 6.99. The molecule has 4 aliphatic rings. The van der Waals surface area contributed by atoms with Crippen LogP contribution in [0.15, 0.2) is 11.6 Å². The molecule has 4 aliphatic carbocycles. The topological polar surface area (TPSA) is 9.23 Å². The Hall–Kier alpha value is -0.740. The van der Waals surface area contributed by atoms with Crippen LogP contribution in [0.5, 0.6) is 0 Å². The van der Waals surface area contributed by atoms with Gasteiger partial charge in [-0.2, -0.15) is 0 Å². The van der Waals surface area contributed by atoms with E-state index in [1.54, 1.807) is 5.57 Å². The molecule has 0 aromatic carbocycles. The van der Waals surface area contributed by atoms with E-state index in [2.05, 4.69) is 46.6 Å². The molecule has 0 spiro atoms. The van der Waals surface area contributed by atoms with Gasteiger partial charge in [-0.1, -0.05) is 71.5 Å². The first-order valence-corrected chi connectivity index (χ1v) is 13.5. The summed E-state index contributed by atoms with van der Waals surface area (Å²) in [5.41, 5.74) is 2.72. The lowest BCUT2D eigenvalue weighted by Gasteiger charge is -2.58. The fraction of sp³-hybridized carbons (Fsp3) is 0.867. The van der Waals surface area contributed by atoms with Gasteiger partial charge in [-0.15, -0.1) is 6.42 Å². The lowest BCUT2D eigenvalue weighted by Crippen LogP contribution is -2.51. The molecule has 3 fully saturated rings. The third-order valence-corrected chi connectivity index (χ3v) is 10.7. The molecular formula is C30H48O. The highest BCUT2D eigenvalue weighted by molar-refractivity contribution is 5.25. The van der Waals surface area contributed by atoms with Crippen molar-refractivity contribution in [3.8, 4) is 12.3 Å². The van der Waals surface area contributed by atoms with E-state index in [1.807, 2.05) is 0 Å². The highest BCUT2D eigenvalue weighted by atomic mass is 16.5. The number of terminal acetylenes is 1. The zero-order chi connectivity index (χ0) is 22.2. The summed E-state index contributed by atoms with van der Waals surface area (Å²) < 4.78 is 5.96. The molecule has 0 heterocycles. The predicted molar refractivity (Wildman–Crippen MR) is 132 cm³/mol. The molecular weight excluding hydrogens is 376 g/mol. The average molecular weight is 425 g/mol. The highest BCUT2D eigenvalue weighted by Gasteiger charge is 2.59. The van der Waals surface area contributed by atoms with Gasteiger partial charge < -0.3 is 4.74 Å². The van der Waals surface area contributed by atoms with E-state index in [9.17, 15) is 0 Å². The summed E-state index contributed by atoms with van der Waals surface area (Å²) in [6.45, 7) is 13.1. The van der Waals surface area contributed by atoms with Gasteiger partial charge in [-0.25, -0.2) is 0 Å². The van der Waals surface area contributed by atoms with Crippen molar-refractivity contribution in [3.63, 3.8) is 0 Å². The zero-order valence-corrected chi connectivity index (χ0v) is 21.1. The van der Waals surface area contributed by atoms with Crippen LogP contribution in [0.2, 0.25) is 0 Å². The van der Waals surface area contributed by atoms with Gasteiger partial charge in [0.1, 0.15) is 6.61 Å². The first kappa shape index (κ1) is 23.4. The summed E-state index contributed by atoms with van der Waals surface area (Å²) in [4.78, 5) is 0. The van der Waals surface area contributed by atoms with Crippen molar-refractivity contribution in [2.45, 2.75) is 111 Å². The van der Waals surface area contributed by atoms with Gasteiger partial charge >= 0.3 is 0 Å². The fourth-order valence-corrected chi connectivity index (χ4v) is 8.96. The van der Waals surface area contributed by atoms with Crippen LogP contribution in [0.1, 0.15) is 105 Å². The van der Waals surface area contributed by atoms with Crippen LogP contribution >= 0.6 is 0 Å². The van der Waals surface area contributed by atoms with E-state index in [0.29, 0.717) is 23.5 Å². The highest BCUT2D eigenvalue weighted by Crippen LogP contribution is 2.67. The molecule has 1 nitrogen and oxygen atoms in total. The second-order valence-corrected chi connectivity index (χ2v) is 12.7. The van der Waals surface area contributed by atoms with Gasteiger partial charge in [0.15, 0.2) is 0 Å². The van der Waals surface area contributed by atoms with Crippen molar-refractivity contribution in [1.82, 2.24) is 0 Å². The molecule has 4 rings (SSSR count). The van der Waals surface area contributed by atoms with Gasteiger partial charge in [0, 0.05) is 0 Å². The molecule has 8 unspecified atom stereocenters. The zero-order valence-electron chi connectivity index (χ0n) is 21.1. The molecule has 0 radical (unpaired) electrons. The first-order valence-electron chi connectivity index (χ1n) is 13.5. The molecule has 31 heavy (non-hydrogen) atoms. The van der Waals surface area contributed by atoms with E-state index in [1.165, 1.54) is 64.2 Å². The Balaban J connectivity index is 1.46. The number of hydrogen-bond donors (Lipinski definition) is 0. The third-order valence-electron chi connectivity index (χ3n) is 10.7. The lowest BCUT2D eigenvalue weighted by atomic mass is 9.47. The SMILES string of the molecule is C#CCOC1CCC2(C)C(=CCC3C2CCC2(C)C(C(C)CCCC(C)C)CCC32)C1. The second-order valence-electron chi connectivity index (χ2n) is 12.7. The molecule has 0 N–H and O–H groups in total. The number of fused-ring (bicyclic) bond motifs is 5. The third kappa shape index (κ3) is 4.28. The lowest BCUT2D eigenvalue weighted by molar-refractivity contribution is -0.0618. The van der Waals surface area contributed by atoms with Crippen LogP contribution in [0, 0.1) is 58.7 Å². The maximum absolute atomic E-state index is 5.96. The standard InChI is InChI=1S/C30H48O/c1-7-19-31-24-15-17-29(5)23(20-24)11-12-25-27-14-13-26(22(4)10-8-9-21(2)3)30(27,6)18-16-28(25)29/h1,11,21-22,24-28H,8-10,12-20H2,2-6H3. The van der Waals surface area contributed by atoms with Gasteiger partial charge in [0.05, 0.1) is 6.10 Å². The van der Waals surface area contributed by atoms with Crippen LogP contribution in [-0.2, 0) is 4.74 Å². The Morgan fingerprint density at radius 3 is 2.61 bits per heavy atom. The summed E-state index contributed by atoms with van der Waals surface area (Å²) in [7, 11) is 0. The number of rotatable bonds is 7. The molecule has 8 atom stereocenters. The van der Waals surface area contributed by atoms with E-state index in [0.717, 1.165) is 41.9 Å². The van der Waals surface area contributed by atoms with Crippen LogP contribution < -0.4 is 0 Å². The number of ether oxygens (including phenoxy) is 1. The minimum absolute atomic E-state index is 0.350. The van der Waals surface area contributed by atoms with Crippen LogP contribution in [0.4, 0.5) is 0 Å². The van der Waals surface area contributed by atoms with Crippen molar-refractivity contribution in [2.24, 2.45) is 46.3 Å². The largest absolute Gasteiger partial charge is 0.365 e. The minimum atomic E-state index is 0.350. The normalized spacial score (nSPS) is 42.9. The van der Waals surface area contributed by atoms with Gasteiger partial charge in [0.25, 0.3) is 0 Å². The van der Waals surface area contributed by atoms with Crippen molar-refractivity contribution >= 4 is 0 Å². The molecule has 0 saturated heterocycles. The maximum atomic E-state index is 5.96. The quantitative estimate of drug-likeness (QED) is 0.297. The molecule has 3 saturated carbocycles. The van der Waals surface area contributed by atoms with Crippen LogP contribution in [-0.4, -0.2) is 12.7 Å². The summed E-state index contributed by atoms with van der Waals surface area (Å²) >= 11 is 0. The van der Waals surface area contributed by atoms with Gasteiger partial charge in [-0.05, 0) is 97.7 Å². The van der Waals surface area contributed by atoms with E-state index >= 15 is 0 Å². The van der Waals surface area contributed by atoms with Crippen molar-refractivity contribution in [1.29, 1.82) is 0 Å². The minimum Gasteiger partial charge on any atom is -0.365 e. The first-order chi connectivity index (χ1) is 14.8. The summed E-state index contributed by atoms with van der Waals surface area (Å²) in [5.74, 6) is 8.14. The van der Waals surface area contributed by atoms with Gasteiger partial charge in [0.2, 0.25) is 0 Å². The second kappa shape index (κ2) is 9.25.